The molecule has 2 aromatic rings. The van der Waals surface area contributed by atoms with E-state index in [9.17, 15) is 9.59 Å². The summed E-state index contributed by atoms with van der Waals surface area (Å²) < 4.78 is 21.0. The van der Waals surface area contributed by atoms with Crippen LogP contribution in [0.4, 0.5) is 0 Å². The van der Waals surface area contributed by atoms with E-state index in [0.717, 1.165) is 0 Å². The van der Waals surface area contributed by atoms with Crippen LogP contribution in [0.3, 0.4) is 0 Å². The first-order chi connectivity index (χ1) is 10.7. The second kappa shape index (κ2) is 6.25. The number of carbonyl (C=O) groups excluding carboxylic acids is 2. The maximum Gasteiger partial charge on any atom is 0.190 e. The fourth-order valence-electron chi connectivity index (χ4n) is 2.28. The van der Waals surface area contributed by atoms with Crippen LogP contribution in [-0.4, -0.2) is 51.0 Å². The second-order valence-electron chi connectivity index (χ2n) is 4.20. The third-order valence-corrected chi connectivity index (χ3v) is 3.18. The number of nitrogens with one attached hydrogen (secondary N) is 2. The minimum absolute atomic E-state index is 0.206. The Kier molecular flexibility index (Phi) is 4.40. The van der Waals surface area contributed by atoms with Crippen LogP contribution in [0, 0.1) is 0 Å². The second-order valence-corrected chi connectivity index (χ2v) is 4.20. The number of hydrogen-bond acceptors (Lipinski definition) is 6. The average Bonchev–Trinajstić information content (AvgIpc) is 3.10. The Balaban J connectivity index is 2.76. The number of carbonyl (C=O) groups is 2. The minimum atomic E-state index is 0.206. The molecule has 0 bridgehead atoms. The SMILES string of the molecule is COc1c(C=O)[nH]c(-c2[nH]c(C=O)c(OC)c2OC)c1OC. The third kappa shape index (κ3) is 2.18. The van der Waals surface area contributed by atoms with Gasteiger partial charge in [0, 0.05) is 0 Å². The topological polar surface area (TPSA) is 103 Å². The van der Waals surface area contributed by atoms with Gasteiger partial charge in [0.15, 0.2) is 35.6 Å². The zero-order valence-electron chi connectivity index (χ0n) is 12.6. The summed E-state index contributed by atoms with van der Waals surface area (Å²) in [6.45, 7) is 0. The molecular weight excluding hydrogens is 292 g/mol. The van der Waals surface area contributed by atoms with Gasteiger partial charge in [-0.15, -0.1) is 0 Å². The van der Waals surface area contributed by atoms with Gasteiger partial charge in [-0.25, -0.2) is 0 Å². The summed E-state index contributed by atoms with van der Waals surface area (Å²) in [5.74, 6) is 1.14. The fourth-order valence-corrected chi connectivity index (χ4v) is 2.28. The molecule has 0 radical (unpaired) electrons. The Morgan fingerprint density at radius 3 is 1.18 bits per heavy atom. The van der Waals surface area contributed by atoms with E-state index in [2.05, 4.69) is 9.97 Å². The van der Waals surface area contributed by atoms with Crippen molar-refractivity contribution in [3.8, 4) is 34.4 Å². The molecule has 2 aromatic heterocycles. The largest absolute Gasteiger partial charge is 0.491 e. The quantitative estimate of drug-likeness (QED) is 0.754. The Bertz CT molecular complexity index is 640. The van der Waals surface area contributed by atoms with E-state index in [1.807, 2.05) is 0 Å². The molecular formula is C14H16N2O6. The van der Waals surface area contributed by atoms with Crippen molar-refractivity contribution in [1.82, 2.24) is 9.97 Å². The lowest BCUT2D eigenvalue weighted by molar-refractivity contribution is 0.110. The molecule has 0 aliphatic carbocycles. The first kappa shape index (κ1) is 15.5. The number of aldehydes is 2. The maximum atomic E-state index is 11.1. The Morgan fingerprint density at radius 2 is 0.955 bits per heavy atom. The highest BCUT2D eigenvalue weighted by Gasteiger charge is 2.27. The van der Waals surface area contributed by atoms with Crippen LogP contribution in [0.5, 0.6) is 23.0 Å². The maximum absolute atomic E-state index is 11.1. The first-order valence-corrected chi connectivity index (χ1v) is 6.25. The minimum Gasteiger partial charge on any atom is -0.491 e. The van der Waals surface area contributed by atoms with Crippen molar-refractivity contribution < 1.29 is 28.5 Å². The molecule has 22 heavy (non-hydrogen) atoms. The van der Waals surface area contributed by atoms with Gasteiger partial charge in [0.2, 0.25) is 0 Å². The zero-order chi connectivity index (χ0) is 16.3. The van der Waals surface area contributed by atoms with E-state index < -0.39 is 0 Å². The van der Waals surface area contributed by atoms with E-state index in [1.165, 1.54) is 28.4 Å². The van der Waals surface area contributed by atoms with Crippen molar-refractivity contribution in [2.45, 2.75) is 0 Å². The summed E-state index contributed by atoms with van der Waals surface area (Å²) in [6.07, 6.45) is 1.22. The van der Waals surface area contributed by atoms with Crippen molar-refractivity contribution >= 4 is 12.6 Å². The number of aromatic amines is 2. The molecule has 8 heteroatoms. The number of methoxy groups -OCH3 is 4. The van der Waals surface area contributed by atoms with Gasteiger partial charge in [-0.3, -0.25) is 9.59 Å². The molecule has 0 saturated heterocycles. The molecule has 0 aliphatic rings. The molecule has 0 aliphatic heterocycles. The summed E-state index contributed by atoms with van der Waals surface area (Å²) in [5.41, 5.74) is 1.23. The molecule has 118 valence electrons. The molecule has 0 fully saturated rings. The van der Waals surface area contributed by atoms with E-state index in [1.54, 1.807) is 0 Å². The van der Waals surface area contributed by atoms with Gasteiger partial charge in [0.1, 0.15) is 22.8 Å². The molecule has 0 atom stereocenters. The summed E-state index contributed by atoms with van der Waals surface area (Å²) in [7, 11) is 5.73. The number of rotatable bonds is 7. The normalized spacial score (nSPS) is 10.2. The lowest BCUT2D eigenvalue weighted by Crippen LogP contribution is -1.92. The van der Waals surface area contributed by atoms with Crippen molar-refractivity contribution in [1.29, 1.82) is 0 Å². The van der Waals surface area contributed by atoms with Gasteiger partial charge in [-0.1, -0.05) is 0 Å². The standard InChI is InChI=1S/C14H16N2O6/c1-19-11-7(5-17)15-9(13(11)21-3)10-14(22-4)12(20-2)8(6-18)16-10/h5-6,15-16H,1-4H3. The average molecular weight is 308 g/mol. The van der Waals surface area contributed by atoms with Crippen LogP contribution >= 0.6 is 0 Å². The van der Waals surface area contributed by atoms with Gasteiger partial charge < -0.3 is 28.9 Å². The highest BCUT2D eigenvalue weighted by atomic mass is 16.5. The Labute approximate surface area is 126 Å². The van der Waals surface area contributed by atoms with Crippen LogP contribution < -0.4 is 18.9 Å². The number of H-pyrrole nitrogens is 2. The van der Waals surface area contributed by atoms with Gasteiger partial charge >= 0.3 is 0 Å². The monoisotopic (exact) mass is 308 g/mol. The molecule has 2 N–H and O–H groups in total. The fraction of sp³-hybridized carbons (Fsp3) is 0.286. The van der Waals surface area contributed by atoms with Crippen molar-refractivity contribution in [3.63, 3.8) is 0 Å². The highest BCUT2D eigenvalue weighted by Crippen LogP contribution is 2.46. The van der Waals surface area contributed by atoms with Crippen LogP contribution in [0.15, 0.2) is 0 Å². The Morgan fingerprint density at radius 1 is 0.636 bits per heavy atom. The first-order valence-electron chi connectivity index (χ1n) is 6.25. The van der Waals surface area contributed by atoms with Crippen LogP contribution in [0.1, 0.15) is 21.0 Å². The van der Waals surface area contributed by atoms with E-state index in [4.69, 9.17) is 18.9 Å². The molecule has 0 spiro atoms. The van der Waals surface area contributed by atoms with Gasteiger partial charge in [-0.05, 0) is 0 Å². The van der Waals surface area contributed by atoms with Crippen molar-refractivity contribution in [2.24, 2.45) is 0 Å². The van der Waals surface area contributed by atoms with Crippen molar-refractivity contribution in [3.05, 3.63) is 11.4 Å². The van der Waals surface area contributed by atoms with E-state index in [0.29, 0.717) is 35.5 Å². The number of hydrogen-bond donors (Lipinski definition) is 2. The van der Waals surface area contributed by atoms with E-state index in [-0.39, 0.29) is 22.9 Å². The van der Waals surface area contributed by atoms with Crippen molar-refractivity contribution in [2.75, 3.05) is 28.4 Å². The van der Waals surface area contributed by atoms with Crippen LogP contribution in [-0.2, 0) is 0 Å². The smallest absolute Gasteiger partial charge is 0.190 e. The zero-order valence-corrected chi connectivity index (χ0v) is 12.6. The van der Waals surface area contributed by atoms with Gasteiger partial charge in [0.05, 0.1) is 28.4 Å². The molecule has 0 saturated carbocycles. The molecule has 8 nitrogen and oxygen atoms in total. The summed E-state index contributed by atoms with van der Waals surface area (Å²) in [5, 5.41) is 0. The summed E-state index contributed by atoms with van der Waals surface area (Å²) >= 11 is 0. The molecule has 0 aromatic carbocycles. The highest BCUT2D eigenvalue weighted by molar-refractivity contribution is 5.89. The van der Waals surface area contributed by atoms with Crippen LogP contribution in [0.25, 0.3) is 11.4 Å². The van der Waals surface area contributed by atoms with E-state index >= 15 is 0 Å². The number of aromatic nitrogens is 2. The number of ether oxygens (including phenoxy) is 4. The lowest BCUT2D eigenvalue weighted by atomic mass is 10.2. The molecule has 2 rings (SSSR count). The third-order valence-electron chi connectivity index (χ3n) is 3.18. The molecule has 2 heterocycles. The molecule has 0 unspecified atom stereocenters. The molecule has 0 amide bonds. The predicted molar refractivity (Wildman–Crippen MR) is 77.6 cm³/mol. The predicted octanol–water partition coefficient (Wildman–Crippen LogP) is 1.67. The van der Waals surface area contributed by atoms with Gasteiger partial charge in [-0.2, -0.15) is 0 Å². The van der Waals surface area contributed by atoms with Gasteiger partial charge in [0.25, 0.3) is 0 Å². The van der Waals surface area contributed by atoms with Crippen LogP contribution in [0.2, 0.25) is 0 Å². The Hall–Kier alpha value is -2.90. The lowest BCUT2D eigenvalue weighted by Gasteiger charge is -2.06. The summed E-state index contributed by atoms with van der Waals surface area (Å²) in [6, 6.07) is 0. The summed E-state index contributed by atoms with van der Waals surface area (Å²) in [4.78, 5) is 28.1.